The standard InChI is InChI=1S/C21H32N6O/c1-6-22-21(24-13-12-23-20(28)17-10-8-7-9-11-17)26(4)14-18-15-27(5)25-19(18)16(2)3/h7-11,15-16H,6,12-14H2,1-5H3,(H,22,24)(H,23,28). The molecule has 0 aliphatic rings. The summed E-state index contributed by atoms with van der Waals surface area (Å²) >= 11 is 0. The summed E-state index contributed by atoms with van der Waals surface area (Å²) in [4.78, 5) is 18.8. The molecule has 0 aliphatic heterocycles. The molecule has 0 radical (unpaired) electrons. The van der Waals surface area contributed by atoms with Gasteiger partial charge in [-0.1, -0.05) is 32.0 Å². The first-order valence-electron chi connectivity index (χ1n) is 9.77. The first-order valence-corrected chi connectivity index (χ1v) is 9.77. The Bertz CT molecular complexity index is 781. The van der Waals surface area contributed by atoms with E-state index in [1.54, 1.807) is 12.1 Å². The van der Waals surface area contributed by atoms with Gasteiger partial charge in [0.1, 0.15) is 0 Å². The topological polar surface area (TPSA) is 74.6 Å². The Morgan fingerprint density at radius 3 is 2.61 bits per heavy atom. The summed E-state index contributed by atoms with van der Waals surface area (Å²) in [6.45, 7) is 8.86. The van der Waals surface area contributed by atoms with E-state index in [0.717, 1.165) is 24.7 Å². The van der Waals surface area contributed by atoms with Crippen LogP contribution < -0.4 is 10.6 Å². The number of amides is 1. The smallest absolute Gasteiger partial charge is 0.251 e. The molecule has 152 valence electrons. The minimum absolute atomic E-state index is 0.0777. The second-order valence-corrected chi connectivity index (χ2v) is 7.08. The molecule has 0 fully saturated rings. The number of nitrogens with one attached hydrogen (secondary N) is 2. The fraction of sp³-hybridized carbons (Fsp3) is 0.476. The molecular formula is C21H32N6O. The molecule has 7 nitrogen and oxygen atoms in total. The number of rotatable bonds is 8. The van der Waals surface area contributed by atoms with Gasteiger partial charge in [0.05, 0.1) is 12.2 Å². The van der Waals surface area contributed by atoms with Crippen LogP contribution in [0.5, 0.6) is 0 Å². The number of aliphatic imine (C=N–C) groups is 1. The highest BCUT2D eigenvalue weighted by Gasteiger charge is 2.15. The maximum atomic E-state index is 12.1. The minimum atomic E-state index is -0.0777. The number of guanidine groups is 1. The third-order valence-corrected chi connectivity index (χ3v) is 4.28. The van der Waals surface area contributed by atoms with Crippen LogP contribution in [0.25, 0.3) is 0 Å². The third-order valence-electron chi connectivity index (χ3n) is 4.28. The van der Waals surface area contributed by atoms with Crippen LogP contribution >= 0.6 is 0 Å². The van der Waals surface area contributed by atoms with E-state index in [9.17, 15) is 4.79 Å². The van der Waals surface area contributed by atoms with E-state index < -0.39 is 0 Å². The van der Waals surface area contributed by atoms with Crippen molar-refractivity contribution in [2.24, 2.45) is 12.0 Å². The van der Waals surface area contributed by atoms with Crippen molar-refractivity contribution in [3.05, 3.63) is 53.3 Å². The SMILES string of the molecule is CCNC(=NCCNC(=O)c1ccccc1)N(C)Cc1cn(C)nc1C(C)C. The number of aryl methyl sites for hydroxylation is 1. The van der Waals surface area contributed by atoms with E-state index in [1.807, 2.05) is 43.9 Å². The number of hydrogen-bond donors (Lipinski definition) is 2. The average Bonchev–Trinajstić information content (AvgIpc) is 3.05. The van der Waals surface area contributed by atoms with Crippen LogP contribution in [0, 0.1) is 0 Å². The molecule has 1 aromatic carbocycles. The quantitative estimate of drug-likeness (QED) is 0.416. The van der Waals surface area contributed by atoms with Crippen LogP contribution in [0.15, 0.2) is 41.5 Å². The molecule has 0 bridgehead atoms. The highest BCUT2D eigenvalue weighted by atomic mass is 16.1. The predicted molar refractivity (Wildman–Crippen MR) is 114 cm³/mol. The number of carbonyl (C=O) groups is 1. The Morgan fingerprint density at radius 1 is 1.25 bits per heavy atom. The zero-order valence-electron chi connectivity index (χ0n) is 17.6. The molecule has 0 atom stereocenters. The van der Waals surface area contributed by atoms with Gasteiger partial charge in [0.2, 0.25) is 0 Å². The zero-order chi connectivity index (χ0) is 20.5. The van der Waals surface area contributed by atoms with Crippen molar-refractivity contribution in [3.63, 3.8) is 0 Å². The lowest BCUT2D eigenvalue weighted by molar-refractivity contribution is 0.0955. The van der Waals surface area contributed by atoms with E-state index in [4.69, 9.17) is 0 Å². The zero-order valence-corrected chi connectivity index (χ0v) is 17.6. The van der Waals surface area contributed by atoms with E-state index in [0.29, 0.717) is 24.6 Å². The van der Waals surface area contributed by atoms with E-state index >= 15 is 0 Å². The third kappa shape index (κ3) is 6.11. The summed E-state index contributed by atoms with van der Waals surface area (Å²) in [5.41, 5.74) is 2.97. The van der Waals surface area contributed by atoms with Crippen molar-refractivity contribution in [2.45, 2.75) is 33.2 Å². The van der Waals surface area contributed by atoms with E-state index in [1.165, 1.54) is 5.56 Å². The van der Waals surface area contributed by atoms with Gasteiger partial charge >= 0.3 is 0 Å². The first-order chi connectivity index (χ1) is 13.4. The van der Waals surface area contributed by atoms with Crippen LogP contribution in [0.4, 0.5) is 0 Å². The van der Waals surface area contributed by atoms with Crippen LogP contribution in [-0.4, -0.2) is 53.2 Å². The Kier molecular flexibility index (Phi) is 8.04. The largest absolute Gasteiger partial charge is 0.357 e. The molecule has 2 N–H and O–H groups in total. The first kappa shape index (κ1) is 21.5. The van der Waals surface area contributed by atoms with Gasteiger partial charge in [-0.2, -0.15) is 5.10 Å². The molecule has 0 aliphatic carbocycles. The minimum Gasteiger partial charge on any atom is -0.357 e. The molecule has 28 heavy (non-hydrogen) atoms. The number of nitrogens with zero attached hydrogens (tertiary/aromatic N) is 4. The number of hydrogen-bond acceptors (Lipinski definition) is 3. The molecule has 1 aromatic heterocycles. The predicted octanol–water partition coefficient (Wildman–Crippen LogP) is 2.37. The van der Waals surface area contributed by atoms with Crippen molar-refractivity contribution in [1.82, 2.24) is 25.3 Å². The van der Waals surface area contributed by atoms with E-state index in [-0.39, 0.29) is 5.91 Å². The van der Waals surface area contributed by atoms with E-state index in [2.05, 4.69) is 45.7 Å². The van der Waals surface area contributed by atoms with Crippen LogP contribution in [0.3, 0.4) is 0 Å². The van der Waals surface area contributed by atoms with Gasteiger partial charge in [-0.25, -0.2) is 0 Å². The number of carbonyl (C=O) groups excluding carboxylic acids is 1. The average molecular weight is 385 g/mol. The molecule has 0 saturated carbocycles. The maximum absolute atomic E-state index is 12.1. The Labute approximate surface area is 167 Å². The summed E-state index contributed by atoms with van der Waals surface area (Å²) in [6.07, 6.45) is 2.06. The lowest BCUT2D eigenvalue weighted by Crippen LogP contribution is -2.39. The van der Waals surface area contributed by atoms with Gasteiger partial charge in [0.15, 0.2) is 5.96 Å². The summed E-state index contributed by atoms with van der Waals surface area (Å²) in [7, 11) is 3.96. The summed E-state index contributed by atoms with van der Waals surface area (Å²) in [6, 6.07) is 9.21. The Morgan fingerprint density at radius 2 is 1.96 bits per heavy atom. The fourth-order valence-electron chi connectivity index (χ4n) is 2.99. The van der Waals surface area contributed by atoms with Crippen LogP contribution in [0.2, 0.25) is 0 Å². The summed E-state index contributed by atoms with van der Waals surface area (Å²) in [5, 5.41) is 10.8. The molecule has 2 aromatic rings. The summed E-state index contributed by atoms with van der Waals surface area (Å²) in [5.74, 6) is 1.11. The van der Waals surface area contributed by atoms with Crippen molar-refractivity contribution in [1.29, 1.82) is 0 Å². The molecule has 0 saturated heterocycles. The Hall–Kier alpha value is -2.83. The lowest BCUT2D eigenvalue weighted by atomic mass is 10.1. The monoisotopic (exact) mass is 384 g/mol. The highest BCUT2D eigenvalue weighted by molar-refractivity contribution is 5.94. The van der Waals surface area contributed by atoms with Gasteiger partial charge in [0.25, 0.3) is 5.91 Å². The van der Waals surface area contributed by atoms with Gasteiger partial charge in [-0.15, -0.1) is 0 Å². The normalized spacial score (nSPS) is 11.6. The Balaban J connectivity index is 1.94. The molecular weight excluding hydrogens is 352 g/mol. The molecule has 1 amide bonds. The highest BCUT2D eigenvalue weighted by Crippen LogP contribution is 2.18. The maximum Gasteiger partial charge on any atom is 0.251 e. The summed E-state index contributed by atoms with van der Waals surface area (Å²) < 4.78 is 1.86. The second-order valence-electron chi connectivity index (χ2n) is 7.08. The van der Waals surface area contributed by atoms with Crippen molar-refractivity contribution in [2.75, 3.05) is 26.7 Å². The fourth-order valence-corrected chi connectivity index (χ4v) is 2.99. The van der Waals surface area contributed by atoms with Gasteiger partial charge in [0, 0.05) is 51.1 Å². The molecule has 0 unspecified atom stereocenters. The number of benzene rings is 1. The van der Waals surface area contributed by atoms with Crippen LogP contribution in [0.1, 0.15) is 48.3 Å². The molecule has 0 spiro atoms. The second kappa shape index (κ2) is 10.5. The van der Waals surface area contributed by atoms with Gasteiger partial charge in [-0.3, -0.25) is 14.5 Å². The van der Waals surface area contributed by atoms with Crippen molar-refractivity contribution >= 4 is 11.9 Å². The number of aromatic nitrogens is 2. The van der Waals surface area contributed by atoms with Crippen LogP contribution in [-0.2, 0) is 13.6 Å². The van der Waals surface area contributed by atoms with Gasteiger partial charge in [-0.05, 0) is 25.0 Å². The lowest BCUT2D eigenvalue weighted by Gasteiger charge is -2.22. The molecule has 2 rings (SSSR count). The van der Waals surface area contributed by atoms with Crippen molar-refractivity contribution in [3.8, 4) is 0 Å². The van der Waals surface area contributed by atoms with Gasteiger partial charge < -0.3 is 15.5 Å². The molecule has 1 heterocycles. The molecule has 7 heteroatoms. The van der Waals surface area contributed by atoms with Crippen molar-refractivity contribution < 1.29 is 4.79 Å².